The summed E-state index contributed by atoms with van der Waals surface area (Å²) in [6, 6.07) is 5.91. The summed E-state index contributed by atoms with van der Waals surface area (Å²) in [4.78, 5) is 4.16. The number of nitrogens with one attached hydrogen (secondary N) is 1. The first-order valence-corrected chi connectivity index (χ1v) is 4.05. The summed E-state index contributed by atoms with van der Waals surface area (Å²) in [6.45, 7) is 0.146. The largest absolute Gasteiger partial charge is 0.395 e. The molecule has 0 aromatic carbocycles. The van der Waals surface area contributed by atoms with Gasteiger partial charge in [-0.3, -0.25) is 4.98 Å². The van der Waals surface area contributed by atoms with E-state index in [1.807, 2.05) is 25.2 Å². The molecule has 1 heterocycles. The molecule has 0 saturated carbocycles. The average molecular weight is 166 g/mol. The molecule has 0 aliphatic carbocycles. The van der Waals surface area contributed by atoms with Crippen LogP contribution in [0.4, 0.5) is 0 Å². The van der Waals surface area contributed by atoms with Crippen molar-refractivity contribution in [3.05, 3.63) is 30.1 Å². The Hall–Kier alpha value is -0.930. The number of likely N-dealkylation sites (N-methyl/N-ethyl adjacent to an activating group) is 1. The predicted octanol–water partition coefficient (Wildman–Crippen LogP) is 0.204. The Kier molecular flexibility index (Phi) is 3.70. The van der Waals surface area contributed by atoms with Crippen molar-refractivity contribution < 1.29 is 5.11 Å². The molecule has 0 saturated heterocycles. The van der Waals surface area contributed by atoms with Crippen LogP contribution in [0.15, 0.2) is 24.4 Å². The van der Waals surface area contributed by atoms with Crippen molar-refractivity contribution in [2.45, 2.75) is 12.5 Å². The van der Waals surface area contributed by atoms with Crippen LogP contribution >= 0.6 is 0 Å². The summed E-state index contributed by atoms with van der Waals surface area (Å²) in [5.41, 5.74) is 1.01. The molecular weight excluding hydrogens is 152 g/mol. The van der Waals surface area contributed by atoms with Crippen LogP contribution in [0.1, 0.15) is 5.69 Å². The maximum Gasteiger partial charge on any atom is 0.0588 e. The maximum absolute atomic E-state index is 8.90. The van der Waals surface area contributed by atoms with Crippen LogP contribution in [0, 0.1) is 0 Å². The van der Waals surface area contributed by atoms with E-state index in [-0.39, 0.29) is 12.6 Å². The lowest BCUT2D eigenvalue weighted by Gasteiger charge is -2.11. The Morgan fingerprint density at radius 3 is 2.92 bits per heavy atom. The number of aliphatic hydroxyl groups is 1. The molecule has 1 aromatic heterocycles. The van der Waals surface area contributed by atoms with Crippen LogP contribution in [-0.2, 0) is 6.42 Å². The van der Waals surface area contributed by atoms with E-state index in [1.165, 1.54) is 0 Å². The van der Waals surface area contributed by atoms with Gasteiger partial charge in [-0.2, -0.15) is 0 Å². The number of nitrogens with zero attached hydrogens (tertiary/aromatic N) is 1. The van der Waals surface area contributed by atoms with Crippen molar-refractivity contribution in [3.63, 3.8) is 0 Å². The molecule has 2 N–H and O–H groups in total. The normalized spacial score (nSPS) is 12.8. The molecule has 3 nitrogen and oxygen atoms in total. The van der Waals surface area contributed by atoms with E-state index in [4.69, 9.17) is 5.11 Å². The van der Waals surface area contributed by atoms with Crippen molar-refractivity contribution in [1.82, 2.24) is 10.3 Å². The van der Waals surface area contributed by atoms with Gasteiger partial charge in [0.05, 0.1) is 6.61 Å². The second-order valence-corrected chi connectivity index (χ2v) is 2.69. The van der Waals surface area contributed by atoms with Gasteiger partial charge in [-0.25, -0.2) is 0 Å². The Morgan fingerprint density at radius 2 is 2.42 bits per heavy atom. The lowest BCUT2D eigenvalue weighted by molar-refractivity contribution is 0.247. The molecule has 1 rings (SSSR count). The molecule has 1 unspecified atom stereocenters. The fourth-order valence-corrected chi connectivity index (χ4v) is 1.03. The number of aromatic nitrogens is 1. The van der Waals surface area contributed by atoms with E-state index in [9.17, 15) is 0 Å². The smallest absolute Gasteiger partial charge is 0.0588 e. The van der Waals surface area contributed by atoms with Crippen LogP contribution in [0.3, 0.4) is 0 Å². The van der Waals surface area contributed by atoms with Gasteiger partial charge in [0.2, 0.25) is 0 Å². The number of rotatable bonds is 4. The highest BCUT2D eigenvalue weighted by Gasteiger charge is 2.04. The Bertz CT molecular complexity index is 209. The summed E-state index contributed by atoms with van der Waals surface area (Å²) >= 11 is 0. The van der Waals surface area contributed by atoms with Crippen molar-refractivity contribution >= 4 is 0 Å². The van der Waals surface area contributed by atoms with Crippen LogP contribution in [0.2, 0.25) is 0 Å². The molecule has 0 amide bonds. The zero-order valence-electron chi connectivity index (χ0n) is 7.20. The molecule has 0 aliphatic rings. The Labute approximate surface area is 72.5 Å². The van der Waals surface area contributed by atoms with Crippen molar-refractivity contribution in [1.29, 1.82) is 0 Å². The molecular formula is C9H14N2O. The van der Waals surface area contributed by atoms with Crippen molar-refractivity contribution in [2.75, 3.05) is 13.7 Å². The minimum atomic E-state index is 0.111. The standard InChI is InChI=1S/C9H14N2O/c1-10-9(7-12)6-8-4-2-3-5-11-8/h2-5,9-10,12H,6-7H2,1H3. The van der Waals surface area contributed by atoms with Gasteiger partial charge in [0, 0.05) is 24.4 Å². The van der Waals surface area contributed by atoms with Crippen LogP contribution in [-0.4, -0.2) is 29.8 Å². The van der Waals surface area contributed by atoms with Gasteiger partial charge in [-0.1, -0.05) is 6.07 Å². The number of pyridine rings is 1. The van der Waals surface area contributed by atoms with Crippen LogP contribution < -0.4 is 5.32 Å². The first-order chi connectivity index (χ1) is 5.86. The molecule has 0 spiro atoms. The van der Waals surface area contributed by atoms with Crippen LogP contribution in [0.25, 0.3) is 0 Å². The SMILES string of the molecule is CNC(CO)Cc1ccccn1. The third kappa shape index (κ3) is 2.60. The van der Waals surface area contributed by atoms with Crippen molar-refractivity contribution in [3.8, 4) is 0 Å². The molecule has 1 atom stereocenters. The molecule has 0 radical (unpaired) electrons. The highest BCUT2D eigenvalue weighted by Crippen LogP contribution is 1.97. The van der Waals surface area contributed by atoms with Gasteiger partial charge in [-0.15, -0.1) is 0 Å². The Balaban J connectivity index is 2.51. The van der Waals surface area contributed by atoms with Gasteiger partial charge < -0.3 is 10.4 Å². The second kappa shape index (κ2) is 4.85. The summed E-state index contributed by atoms with van der Waals surface area (Å²) in [5, 5.41) is 11.9. The minimum Gasteiger partial charge on any atom is -0.395 e. The van der Waals surface area contributed by atoms with Gasteiger partial charge >= 0.3 is 0 Å². The lowest BCUT2D eigenvalue weighted by Crippen LogP contribution is -2.31. The van der Waals surface area contributed by atoms with Crippen molar-refractivity contribution in [2.24, 2.45) is 0 Å². The molecule has 0 aliphatic heterocycles. The van der Waals surface area contributed by atoms with E-state index in [2.05, 4.69) is 10.3 Å². The zero-order valence-corrected chi connectivity index (χ0v) is 7.20. The van der Waals surface area contributed by atoms with E-state index in [0.29, 0.717) is 0 Å². The first kappa shape index (κ1) is 9.16. The third-order valence-electron chi connectivity index (χ3n) is 1.81. The quantitative estimate of drug-likeness (QED) is 0.672. The third-order valence-corrected chi connectivity index (χ3v) is 1.81. The van der Waals surface area contributed by atoms with Gasteiger partial charge in [0.25, 0.3) is 0 Å². The number of hydrogen-bond acceptors (Lipinski definition) is 3. The molecule has 66 valence electrons. The summed E-state index contributed by atoms with van der Waals surface area (Å²) in [5.74, 6) is 0. The van der Waals surface area contributed by atoms with E-state index < -0.39 is 0 Å². The molecule has 1 aromatic rings. The predicted molar refractivity (Wildman–Crippen MR) is 47.9 cm³/mol. The van der Waals surface area contributed by atoms with Gasteiger partial charge in [0.1, 0.15) is 0 Å². The summed E-state index contributed by atoms with van der Waals surface area (Å²) in [6.07, 6.45) is 2.53. The van der Waals surface area contributed by atoms with Gasteiger partial charge in [-0.05, 0) is 19.2 Å². The fourth-order valence-electron chi connectivity index (χ4n) is 1.03. The molecule has 0 fully saturated rings. The average Bonchev–Trinajstić information content (AvgIpc) is 2.16. The number of hydrogen-bond donors (Lipinski definition) is 2. The topological polar surface area (TPSA) is 45.1 Å². The zero-order chi connectivity index (χ0) is 8.81. The van der Waals surface area contributed by atoms with E-state index in [1.54, 1.807) is 6.20 Å². The lowest BCUT2D eigenvalue weighted by atomic mass is 10.1. The summed E-state index contributed by atoms with van der Waals surface area (Å²) in [7, 11) is 1.84. The highest BCUT2D eigenvalue weighted by molar-refractivity contribution is 5.05. The van der Waals surface area contributed by atoms with Crippen LogP contribution in [0.5, 0.6) is 0 Å². The second-order valence-electron chi connectivity index (χ2n) is 2.69. The molecule has 0 bridgehead atoms. The monoisotopic (exact) mass is 166 g/mol. The first-order valence-electron chi connectivity index (χ1n) is 4.05. The fraction of sp³-hybridized carbons (Fsp3) is 0.444. The number of aliphatic hydroxyl groups excluding tert-OH is 1. The minimum absolute atomic E-state index is 0.111. The Morgan fingerprint density at radius 1 is 1.58 bits per heavy atom. The highest BCUT2D eigenvalue weighted by atomic mass is 16.3. The van der Waals surface area contributed by atoms with Gasteiger partial charge in [0.15, 0.2) is 0 Å². The van der Waals surface area contributed by atoms with E-state index in [0.717, 1.165) is 12.1 Å². The maximum atomic E-state index is 8.90. The van der Waals surface area contributed by atoms with E-state index >= 15 is 0 Å². The summed E-state index contributed by atoms with van der Waals surface area (Å²) < 4.78 is 0. The molecule has 3 heteroatoms. The molecule has 12 heavy (non-hydrogen) atoms.